The predicted molar refractivity (Wildman–Crippen MR) is 135 cm³/mol. The highest BCUT2D eigenvalue weighted by Gasteiger charge is 2.27. The molecule has 1 amide bonds. The minimum Gasteiger partial charge on any atom is -0.386 e. The second kappa shape index (κ2) is 8.42. The highest BCUT2D eigenvalue weighted by atomic mass is 35.5. The lowest BCUT2D eigenvalue weighted by Crippen LogP contribution is -2.51. The van der Waals surface area contributed by atoms with Crippen molar-refractivity contribution in [3.05, 3.63) is 71.4 Å². The molecular formula is C26H26ClN5O2. The van der Waals surface area contributed by atoms with Crippen LogP contribution in [0.5, 0.6) is 0 Å². The fraction of sp³-hybridized carbons (Fsp3) is 0.269. The standard InChI is InChI=1S/C26H26ClN5O2/c1-26(2,34)17-8-11-23(28-15-17)31-12-13-32(24(33)16-31)18-9-10-20(27)19(14-18)25-29-21-6-4-5-7-22(21)30(25)3/h4-11,14-15,34H,12-13,16H2,1-3H3. The average molecular weight is 476 g/mol. The Hall–Kier alpha value is -3.42. The number of anilines is 2. The predicted octanol–water partition coefficient (Wildman–Crippen LogP) is 4.37. The van der Waals surface area contributed by atoms with Gasteiger partial charge in [-0.05, 0) is 50.2 Å². The van der Waals surface area contributed by atoms with Crippen LogP contribution >= 0.6 is 11.6 Å². The number of hydrogen-bond donors (Lipinski definition) is 1. The van der Waals surface area contributed by atoms with Gasteiger partial charge in [0.15, 0.2) is 0 Å². The lowest BCUT2D eigenvalue weighted by molar-refractivity contribution is -0.117. The van der Waals surface area contributed by atoms with Crippen molar-refractivity contribution >= 4 is 40.0 Å². The van der Waals surface area contributed by atoms with E-state index in [2.05, 4.69) is 4.98 Å². The number of piperazine rings is 1. The Balaban J connectivity index is 1.39. The second-order valence-electron chi connectivity index (χ2n) is 9.08. The monoisotopic (exact) mass is 475 g/mol. The van der Waals surface area contributed by atoms with Crippen LogP contribution in [0.15, 0.2) is 60.8 Å². The van der Waals surface area contributed by atoms with Crippen molar-refractivity contribution in [1.82, 2.24) is 14.5 Å². The average Bonchev–Trinajstić information content (AvgIpc) is 3.15. The molecular weight excluding hydrogens is 450 g/mol. The van der Waals surface area contributed by atoms with Crippen molar-refractivity contribution in [2.75, 3.05) is 29.4 Å². The summed E-state index contributed by atoms with van der Waals surface area (Å²) in [5.74, 6) is 1.46. The van der Waals surface area contributed by atoms with E-state index in [0.29, 0.717) is 18.1 Å². The summed E-state index contributed by atoms with van der Waals surface area (Å²) in [6.07, 6.45) is 1.66. The summed E-state index contributed by atoms with van der Waals surface area (Å²) in [5.41, 5.74) is 3.28. The zero-order valence-electron chi connectivity index (χ0n) is 19.4. The van der Waals surface area contributed by atoms with Crippen LogP contribution in [0.3, 0.4) is 0 Å². The van der Waals surface area contributed by atoms with Crippen LogP contribution in [-0.4, -0.2) is 45.2 Å². The topological polar surface area (TPSA) is 74.5 Å². The zero-order valence-corrected chi connectivity index (χ0v) is 20.1. The molecule has 34 heavy (non-hydrogen) atoms. The molecule has 0 radical (unpaired) electrons. The highest BCUT2D eigenvalue weighted by molar-refractivity contribution is 6.33. The van der Waals surface area contributed by atoms with E-state index in [0.717, 1.165) is 39.5 Å². The minimum atomic E-state index is -0.953. The molecule has 1 saturated heterocycles. The molecule has 4 aromatic rings. The first-order valence-electron chi connectivity index (χ1n) is 11.2. The Kier molecular flexibility index (Phi) is 5.54. The third kappa shape index (κ3) is 4.02. The van der Waals surface area contributed by atoms with Crippen molar-refractivity contribution in [3.8, 4) is 11.4 Å². The number of halogens is 1. The fourth-order valence-electron chi connectivity index (χ4n) is 4.32. The van der Waals surface area contributed by atoms with Gasteiger partial charge >= 0.3 is 0 Å². The van der Waals surface area contributed by atoms with Gasteiger partial charge in [-0.1, -0.05) is 29.8 Å². The molecule has 7 nitrogen and oxygen atoms in total. The number of hydrogen-bond acceptors (Lipinski definition) is 5. The maximum Gasteiger partial charge on any atom is 0.246 e. The number of nitrogens with zero attached hydrogens (tertiary/aromatic N) is 5. The molecule has 1 aliphatic heterocycles. The Labute approximate surface area is 203 Å². The first kappa shape index (κ1) is 22.4. The maximum absolute atomic E-state index is 13.1. The van der Waals surface area contributed by atoms with Gasteiger partial charge in [0.05, 0.1) is 28.2 Å². The minimum absolute atomic E-state index is 0.0158. The molecule has 0 unspecified atom stereocenters. The first-order valence-corrected chi connectivity index (χ1v) is 11.6. The largest absolute Gasteiger partial charge is 0.386 e. The maximum atomic E-state index is 13.1. The van der Waals surface area contributed by atoms with Crippen molar-refractivity contribution in [3.63, 3.8) is 0 Å². The van der Waals surface area contributed by atoms with Crippen molar-refractivity contribution in [1.29, 1.82) is 0 Å². The van der Waals surface area contributed by atoms with Crippen LogP contribution in [-0.2, 0) is 17.4 Å². The molecule has 1 fully saturated rings. The number of carbonyl (C=O) groups excluding carboxylic acids is 1. The Morgan fingerprint density at radius 2 is 1.85 bits per heavy atom. The van der Waals surface area contributed by atoms with E-state index in [1.54, 1.807) is 24.9 Å². The summed E-state index contributed by atoms with van der Waals surface area (Å²) in [6, 6.07) is 17.3. The van der Waals surface area contributed by atoms with Crippen LogP contribution in [0.2, 0.25) is 5.02 Å². The van der Waals surface area contributed by atoms with Crippen molar-refractivity contribution < 1.29 is 9.90 Å². The molecule has 3 heterocycles. The highest BCUT2D eigenvalue weighted by Crippen LogP contribution is 2.34. The summed E-state index contributed by atoms with van der Waals surface area (Å²) in [6.45, 7) is 4.83. The Bertz CT molecular complexity index is 1370. The number of carbonyl (C=O) groups is 1. The van der Waals surface area contributed by atoms with Gasteiger partial charge in [-0.25, -0.2) is 9.97 Å². The molecule has 2 aromatic heterocycles. The van der Waals surface area contributed by atoms with E-state index in [9.17, 15) is 9.90 Å². The van der Waals surface area contributed by atoms with E-state index in [1.165, 1.54) is 0 Å². The van der Waals surface area contributed by atoms with Crippen LogP contribution in [0.1, 0.15) is 19.4 Å². The number of para-hydroxylation sites is 2. The molecule has 5 rings (SSSR count). The zero-order chi connectivity index (χ0) is 24.0. The Morgan fingerprint density at radius 3 is 2.53 bits per heavy atom. The summed E-state index contributed by atoms with van der Waals surface area (Å²) in [4.78, 5) is 26.1. The number of pyridine rings is 1. The summed E-state index contributed by atoms with van der Waals surface area (Å²) in [7, 11) is 1.97. The lowest BCUT2D eigenvalue weighted by atomic mass is 10.0. The van der Waals surface area contributed by atoms with Crippen molar-refractivity contribution in [2.24, 2.45) is 7.05 Å². The van der Waals surface area contributed by atoms with E-state index in [1.807, 2.05) is 71.1 Å². The normalized spacial score (nSPS) is 14.8. The summed E-state index contributed by atoms with van der Waals surface area (Å²) in [5, 5.41) is 10.7. The van der Waals surface area contributed by atoms with E-state index >= 15 is 0 Å². The molecule has 0 bridgehead atoms. The van der Waals surface area contributed by atoms with Crippen LogP contribution in [0, 0.1) is 0 Å². The number of fused-ring (bicyclic) bond motifs is 1. The number of rotatable bonds is 4. The number of imidazole rings is 1. The Morgan fingerprint density at radius 1 is 1.06 bits per heavy atom. The molecule has 8 heteroatoms. The number of aryl methyl sites for hydroxylation is 1. The molecule has 174 valence electrons. The van der Waals surface area contributed by atoms with E-state index in [-0.39, 0.29) is 12.5 Å². The third-order valence-electron chi connectivity index (χ3n) is 6.29. The summed E-state index contributed by atoms with van der Waals surface area (Å²) >= 11 is 6.56. The van der Waals surface area contributed by atoms with Gasteiger partial charge in [0.1, 0.15) is 11.6 Å². The third-order valence-corrected chi connectivity index (χ3v) is 6.62. The first-order chi connectivity index (χ1) is 16.2. The van der Waals surface area contributed by atoms with Crippen LogP contribution in [0.25, 0.3) is 22.4 Å². The van der Waals surface area contributed by atoms with Gasteiger partial charge < -0.3 is 19.5 Å². The quantitative estimate of drug-likeness (QED) is 0.474. The summed E-state index contributed by atoms with van der Waals surface area (Å²) < 4.78 is 2.02. The van der Waals surface area contributed by atoms with Gasteiger partial charge in [-0.15, -0.1) is 0 Å². The van der Waals surface area contributed by atoms with Gasteiger partial charge in [0.2, 0.25) is 5.91 Å². The second-order valence-corrected chi connectivity index (χ2v) is 9.49. The SMILES string of the molecule is Cn1c(-c2cc(N3CCN(c4ccc(C(C)(C)O)cn4)CC3=O)ccc2Cl)nc2ccccc21. The van der Waals surface area contributed by atoms with Gasteiger partial charge in [-0.3, -0.25) is 4.79 Å². The number of amides is 1. The molecule has 0 saturated carbocycles. The molecule has 1 aliphatic rings. The number of benzene rings is 2. The smallest absolute Gasteiger partial charge is 0.246 e. The fourth-order valence-corrected chi connectivity index (χ4v) is 4.52. The van der Waals surface area contributed by atoms with Crippen LogP contribution in [0.4, 0.5) is 11.5 Å². The molecule has 1 N–H and O–H groups in total. The molecule has 0 spiro atoms. The molecule has 0 aliphatic carbocycles. The lowest BCUT2D eigenvalue weighted by Gasteiger charge is -2.35. The number of aliphatic hydroxyl groups is 1. The van der Waals surface area contributed by atoms with E-state index in [4.69, 9.17) is 16.6 Å². The molecule has 2 aromatic carbocycles. The van der Waals surface area contributed by atoms with Crippen molar-refractivity contribution in [2.45, 2.75) is 19.4 Å². The van der Waals surface area contributed by atoms with E-state index < -0.39 is 5.60 Å². The molecule has 0 atom stereocenters. The van der Waals surface area contributed by atoms with Gasteiger partial charge in [0.25, 0.3) is 0 Å². The van der Waals surface area contributed by atoms with Gasteiger partial charge in [-0.2, -0.15) is 0 Å². The van der Waals surface area contributed by atoms with Crippen LogP contribution < -0.4 is 9.80 Å². The number of aromatic nitrogens is 3. The van der Waals surface area contributed by atoms with Gasteiger partial charge in [0, 0.05) is 43.1 Å².